The molecule has 0 spiro atoms. The van der Waals surface area contributed by atoms with Crippen molar-refractivity contribution >= 4 is 23.6 Å². The highest BCUT2D eigenvalue weighted by atomic mass is 15.2. The number of aryl methyl sites for hydroxylation is 1. The normalized spacial score (nSPS) is 30.1. The first-order chi connectivity index (χ1) is 31.5. The highest BCUT2D eigenvalue weighted by Gasteiger charge is 2.53. The van der Waals surface area contributed by atoms with Crippen molar-refractivity contribution in [3.05, 3.63) is 134 Å². The molecule has 4 unspecified atom stereocenters. The molecule has 2 aromatic carbocycles. The van der Waals surface area contributed by atoms with Crippen LogP contribution in [-0.2, 0) is 16.2 Å². The van der Waals surface area contributed by atoms with E-state index in [2.05, 4.69) is 180 Å². The van der Waals surface area contributed by atoms with E-state index in [-0.39, 0.29) is 39.8 Å². The van der Waals surface area contributed by atoms with E-state index in [4.69, 9.17) is 0 Å². The number of rotatable bonds is 5. The maximum atomic E-state index is 3.00. The smallest absolute Gasteiger partial charge is 0.242 e. The van der Waals surface area contributed by atoms with E-state index in [0.29, 0.717) is 11.3 Å². The zero-order valence-corrected chi connectivity index (χ0v) is 45.0. The van der Waals surface area contributed by atoms with Gasteiger partial charge in [0.25, 0.3) is 0 Å². The number of hydrogen-bond acceptors (Lipinski definition) is 2. The zero-order valence-electron chi connectivity index (χ0n) is 45.0. The van der Waals surface area contributed by atoms with Crippen LogP contribution in [0.3, 0.4) is 0 Å². The third-order valence-corrected chi connectivity index (χ3v) is 19.7. The van der Waals surface area contributed by atoms with Crippen molar-refractivity contribution in [1.29, 1.82) is 0 Å². The van der Waals surface area contributed by atoms with Crippen LogP contribution in [0.4, 0.5) is 11.4 Å². The van der Waals surface area contributed by atoms with E-state index < -0.39 is 0 Å². The number of nitrogens with zero attached hydrogens (tertiary/aromatic N) is 2. The predicted octanol–water partition coefficient (Wildman–Crippen LogP) is 17.1. The fraction of sp³-hybridized carbons (Fsp3) is 0.594. The molecular formula is C64H87BN2. The molecule has 2 bridgehead atoms. The van der Waals surface area contributed by atoms with Gasteiger partial charge in [-0.05, 0) is 204 Å². The molecule has 10 rings (SSSR count). The average Bonchev–Trinajstić information content (AvgIpc) is 3.81. The molecule has 67 heavy (non-hydrogen) atoms. The molecule has 356 valence electrons. The lowest BCUT2D eigenvalue weighted by Gasteiger charge is -2.53. The molecule has 8 aliphatic rings. The van der Waals surface area contributed by atoms with Gasteiger partial charge in [-0.1, -0.05) is 150 Å². The van der Waals surface area contributed by atoms with Gasteiger partial charge in [-0.2, -0.15) is 0 Å². The third-order valence-electron chi connectivity index (χ3n) is 19.7. The highest BCUT2D eigenvalue weighted by Crippen LogP contribution is 2.62. The van der Waals surface area contributed by atoms with Gasteiger partial charge in [0.05, 0.1) is 6.04 Å². The van der Waals surface area contributed by atoms with Gasteiger partial charge in [-0.25, -0.2) is 0 Å². The molecule has 6 aliphatic carbocycles. The summed E-state index contributed by atoms with van der Waals surface area (Å²) in [6.07, 6.45) is 32.8. The first-order valence-electron chi connectivity index (χ1n) is 27.3. The molecule has 0 amide bonds. The van der Waals surface area contributed by atoms with Crippen molar-refractivity contribution in [2.75, 3.05) is 4.90 Å². The third kappa shape index (κ3) is 7.81. The maximum absolute atomic E-state index is 3.00. The topological polar surface area (TPSA) is 6.48 Å². The molecule has 0 radical (unpaired) electrons. The molecule has 0 saturated heterocycles. The second-order valence-corrected chi connectivity index (χ2v) is 27.1. The highest BCUT2D eigenvalue weighted by molar-refractivity contribution is 6.88. The average molecular weight is 895 g/mol. The lowest BCUT2D eigenvalue weighted by Crippen LogP contribution is -2.57. The minimum Gasteiger partial charge on any atom is -0.339 e. The van der Waals surface area contributed by atoms with Crippen molar-refractivity contribution in [2.24, 2.45) is 28.1 Å². The van der Waals surface area contributed by atoms with Gasteiger partial charge in [0.15, 0.2) is 0 Å². The SMILES string of the molecule is CCC1=CC2=C3B(C4=C(C(C)C=C5/C(=C\CC4)C4CCC5(C)C4)N(C4=CCC(C)(C)CCC(C)(C)CC=C4)C3C1)c1ccc(C(C)(C)CC)cc1N2c1cc2c(cc1C)C(C)(C)CCC2(C)C. The Balaban J connectivity index is 1.29. The van der Waals surface area contributed by atoms with Crippen LogP contribution in [0.25, 0.3) is 0 Å². The molecule has 0 N–H and O–H groups in total. The summed E-state index contributed by atoms with van der Waals surface area (Å²) in [5, 5.41) is 0. The summed E-state index contributed by atoms with van der Waals surface area (Å²) in [4.78, 5) is 5.82. The molecule has 2 nitrogen and oxygen atoms in total. The van der Waals surface area contributed by atoms with Gasteiger partial charge in [0.2, 0.25) is 6.71 Å². The van der Waals surface area contributed by atoms with Gasteiger partial charge < -0.3 is 9.80 Å². The Morgan fingerprint density at radius 1 is 0.806 bits per heavy atom. The zero-order chi connectivity index (χ0) is 47.8. The monoisotopic (exact) mass is 895 g/mol. The fourth-order valence-corrected chi connectivity index (χ4v) is 14.6. The molecular weight excluding hydrogens is 808 g/mol. The largest absolute Gasteiger partial charge is 0.339 e. The van der Waals surface area contributed by atoms with Crippen LogP contribution >= 0.6 is 0 Å². The van der Waals surface area contributed by atoms with E-state index >= 15 is 0 Å². The lowest BCUT2D eigenvalue weighted by atomic mass is 9.30. The van der Waals surface area contributed by atoms with Gasteiger partial charge in [0.1, 0.15) is 0 Å². The summed E-state index contributed by atoms with van der Waals surface area (Å²) < 4.78 is 0. The quantitative estimate of drug-likeness (QED) is 0.276. The van der Waals surface area contributed by atoms with Crippen LogP contribution < -0.4 is 10.4 Å². The second-order valence-electron chi connectivity index (χ2n) is 27.1. The molecule has 4 atom stereocenters. The first kappa shape index (κ1) is 47.0. The molecule has 2 heterocycles. The number of hydrogen-bond donors (Lipinski definition) is 0. The Hall–Kier alpha value is -3.72. The van der Waals surface area contributed by atoms with Gasteiger partial charge >= 0.3 is 0 Å². The van der Waals surface area contributed by atoms with Crippen molar-refractivity contribution in [1.82, 2.24) is 4.90 Å². The van der Waals surface area contributed by atoms with E-state index in [1.165, 1.54) is 84.3 Å². The maximum Gasteiger partial charge on any atom is 0.242 e. The standard InChI is InChI=1S/C64H87BN2/c1-16-43-36-55-57-56(37-43)67(53-39-50-49(34-41(53)3)62(11,12)32-33-63(50,13)14)54-38-45(61(9,10)17-2)23-24-51(54)65(57)52-22-18-21-47-44-25-29-64(15,40-44)48(47)35-42(4)58(52)66(55)46-20-19-27-59(5,6)30-31-60(7,8)28-26-46/h19-21,23-24,26,34-35,37-39,42,44,55H,16-18,22,25,27-33,36,40H2,1-15H3/b20-19?,46-26?,47-21-,48-35?. The number of anilines is 2. The van der Waals surface area contributed by atoms with Crippen molar-refractivity contribution in [2.45, 2.75) is 216 Å². The van der Waals surface area contributed by atoms with Crippen molar-refractivity contribution in [3.8, 4) is 0 Å². The Labute approximate surface area is 409 Å². The molecule has 2 aromatic rings. The van der Waals surface area contributed by atoms with Gasteiger partial charge in [-0.15, -0.1) is 0 Å². The van der Waals surface area contributed by atoms with Crippen LogP contribution in [0.15, 0.2) is 112 Å². The Bertz CT molecular complexity index is 2610. The minimum atomic E-state index is 0.0643. The van der Waals surface area contributed by atoms with Gasteiger partial charge in [-0.3, -0.25) is 0 Å². The summed E-state index contributed by atoms with van der Waals surface area (Å²) in [7, 11) is 0. The molecule has 2 saturated carbocycles. The summed E-state index contributed by atoms with van der Waals surface area (Å²) in [5.74, 6) is 1.03. The van der Waals surface area contributed by atoms with E-state index in [9.17, 15) is 0 Å². The van der Waals surface area contributed by atoms with Crippen LogP contribution in [-0.4, -0.2) is 17.7 Å². The van der Waals surface area contributed by atoms with Crippen LogP contribution in [0.5, 0.6) is 0 Å². The van der Waals surface area contributed by atoms with E-state index in [1.54, 1.807) is 44.5 Å². The lowest BCUT2D eigenvalue weighted by molar-refractivity contribution is 0.238. The molecule has 2 fully saturated rings. The number of allylic oxidation sites excluding steroid dienone is 9. The summed E-state index contributed by atoms with van der Waals surface area (Å²) >= 11 is 0. The summed E-state index contributed by atoms with van der Waals surface area (Å²) in [6.45, 7) is 37.6. The van der Waals surface area contributed by atoms with Crippen molar-refractivity contribution < 1.29 is 0 Å². The van der Waals surface area contributed by atoms with Crippen molar-refractivity contribution in [3.63, 3.8) is 0 Å². The number of benzene rings is 2. The summed E-state index contributed by atoms with van der Waals surface area (Å²) in [6, 6.07) is 13.3. The first-order valence-corrected chi connectivity index (χ1v) is 27.3. The van der Waals surface area contributed by atoms with Gasteiger partial charge in [0, 0.05) is 34.4 Å². The van der Waals surface area contributed by atoms with Crippen LogP contribution in [0.2, 0.25) is 0 Å². The Morgan fingerprint density at radius 2 is 1.51 bits per heavy atom. The molecule has 0 aromatic heterocycles. The molecule has 2 aliphatic heterocycles. The summed E-state index contributed by atoms with van der Waals surface area (Å²) in [5.41, 5.74) is 24.2. The van der Waals surface area contributed by atoms with Crippen LogP contribution in [0.1, 0.15) is 209 Å². The minimum absolute atomic E-state index is 0.0643. The van der Waals surface area contributed by atoms with E-state index in [0.717, 1.165) is 50.9 Å². The number of fused-ring (bicyclic) bond motifs is 9. The van der Waals surface area contributed by atoms with E-state index in [1.807, 2.05) is 0 Å². The Kier molecular flexibility index (Phi) is 11.3. The molecule has 3 heteroatoms. The fourth-order valence-electron chi connectivity index (χ4n) is 14.6. The second kappa shape index (κ2) is 16.2. The van der Waals surface area contributed by atoms with Crippen LogP contribution in [0, 0.1) is 35.0 Å². The predicted molar refractivity (Wildman–Crippen MR) is 290 cm³/mol. The Morgan fingerprint density at radius 3 is 2.21 bits per heavy atom.